The molecule has 2 heterocycles. The third kappa shape index (κ3) is 3.28. The summed E-state index contributed by atoms with van der Waals surface area (Å²) in [6, 6.07) is 1.38. The summed E-state index contributed by atoms with van der Waals surface area (Å²) in [7, 11) is -3.83. The highest BCUT2D eigenvalue weighted by molar-refractivity contribution is 7.89. The van der Waals surface area contributed by atoms with Gasteiger partial charge < -0.3 is 9.64 Å². The minimum atomic E-state index is -3.83. The average Bonchev–Trinajstić information content (AvgIpc) is 2.68. The number of carbonyl (C=O) groups excluding carboxylic acids is 1. The first kappa shape index (κ1) is 14.8. The van der Waals surface area contributed by atoms with Gasteiger partial charge in [-0.25, -0.2) is 18.4 Å². The Morgan fingerprint density at radius 2 is 2.05 bits per heavy atom. The lowest BCUT2D eigenvalue weighted by molar-refractivity contribution is 0.0194. The summed E-state index contributed by atoms with van der Waals surface area (Å²) >= 11 is 0. The van der Waals surface area contributed by atoms with Crippen molar-refractivity contribution < 1.29 is 17.9 Å². The Morgan fingerprint density at radius 1 is 1.40 bits per heavy atom. The Kier molecular flexibility index (Phi) is 3.51. The summed E-state index contributed by atoms with van der Waals surface area (Å²) in [5.74, 6) is 0. The largest absolute Gasteiger partial charge is 0.444 e. The van der Waals surface area contributed by atoms with Crippen molar-refractivity contribution in [3.05, 3.63) is 11.8 Å². The lowest BCUT2D eigenvalue weighted by atomic mass is 10.2. The fourth-order valence-corrected chi connectivity index (χ4v) is 2.37. The first-order valence-electron chi connectivity index (χ1n) is 6.14. The van der Waals surface area contributed by atoms with Crippen molar-refractivity contribution in [3.8, 4) is 0 Å². The molecule has 1 aliphatic rings. The molecule has 0 atom stereocenters. The van der Waals surface area contributed by atoms with Crippen molar-refractivity contribution in [1.29, 1.82) is 0 Å². The smallest absolute Gasteiger partial charge is 0.410 e. The molecule has 0 spiro atoms. The van der Waals surface area contributed by atoms with Crippen molar-refractivity contribution in [2.45, 2.75) is 44.5 Å². The fourth-order valence-electron chi connectivity index (χ4n) is 1.86. The van der Waals surface area contributed by atoms with Crippen LogP contribution in [0.3, 0.4) is 0 Å². The second-order valence-electron chi connectivity index (χ2n) is 5.64. The maximum Gasteiger partial charge on any atom is 0.410 e. The highest BCUT2D eigenvalue weighted by atomic mass is 32.2. The van der Waals surface area contributed by atoms with Gasteiger partial charge in [0.2, 0.25) is 0 Å². The van der Waals surface area contributed by atoms with Crippen LogP contribution in [-0.4, -0.2) is 41.3 Å². The molecule has 1 aliphatic heterocycles. The van der Waals surface area contributed by atoms with Crippen molar-refractivity contribution in [2.24, 2.45) is 5.14 Å². The second-order valence-corrected chi connectivity index (χ2v) is 7.15. The van der Waals surface area contributed by atoms with Crippen LogP contribution in [0, 0.1) is 0 Å². The maximum absolute atomic E-state index is 12.0. The molecule has 9 heteroatoms. The van der Waals surface area contributed by atoms with Gasteiger partial charge >= 0.3 is 6.09 Å². The van der Waals surface area contributed by atoms with E-state index in [4.69, 9.17) is 9.88 Å². The van der Waals surface area contributed by atoms with Crippen LogP contribution in [0.2, 0.25) is 0 Å². The molecule has 112 valence electrons. The van der Waals surface area contributed by atoms with Crippen molar-refractivity contribution in [3.63, 3.8) is 0 Å². The molecule has 1 aromatic rings. The van der Waals surface area contributed by atoms with E-state index in [0.29, 0.717) is 18.8 Å². The number of hydrogen-bond acceptors (Lipinski definition) is 5. The first-order chi connectivity index (χ1) is 9.06. The van der Waals surface area contributed by atoms with Gasteiger partial charge in [-0.05, 0) is 20.8 Å². The fraction of sp³-hybridized carbons (Fsp3) is 0.636. The molecule has 1 amide bonds. The molecule has 0 saturated heterocycles. The average molecular weight is 302 g/mol. The number of fused-ring (bicyclic) bond motifs is 1. The minimum absolute atomic E-state index is 0.182. The molecule has 0 bridgehead atoms. The Morgan fingerprint density at radius 3 is 2.60 bits per heavy atom. The molecule has 0 radical (unpaired) electrons. The maximum atomic E-state index is 12.0. The van der Waals surface area contributed by atoms with Gasteiger partial charge in [0.15, 0.2) is 5.03 Å². The van der Waals surface area contributed by atoms with Crippen molar-refractivity contribution in [2.75, 3.05) is 6.54 Å². The third-order valence-electron chi connectivity index (χ3n) is 2.72. The van der Waals surface area contributed by atoms with Crippen LogP contribution in [0.25, 0.3) is 0 Å². The first-order valence-corrected chi connectivity index (χ1v) is 7.68. The summed E-state index contributed by atoms with van der Waals surface area (Å²) in [6.07, 6.45) is -0.429. The van der Waals surface area contributed by atoms with Crippen LogP contribution in [0.4, 0.5) is 4.79 Å². The zero-order valence-electron chi connectivity index (χ0n) is 11.7. The highest BCUT2D eigenvalue weighted by Crippen LogP contribution is 2.18. The van der Waals surface area contributed by atoms with Gasteiger partial charge in [0.05, 0.1) is 18.8 Å². The number of sulfonamides is 1. The van der Waals surface area contributed by atoms with Gasteiger partial charge in [0, 0.05) is 12.6 Å². The van der Waals surface area contributed by atoms with Crippen LogP contribution >= 0.6 is 0 Å². The monoisotopic (exact) mass is 302 g/mol. The van der Waals surface area contributed by atoms with E-state index in [1.807, 2.05) is 0 Å². The summed E-state index contributed by atoms with van der Waals surface area (Å²) < 4.78 is 29.3. The molecule has 0 fully saturated rings. The minimum Gasteiger partial charge on any atom is -0.444 e. The molecule has 0 aliphatic carbocycles. The van der Waals surface area contributed by atoms with E-state index in [-0.39, 0.29) is 11.6 Å². The number of hydrogen-bond donors (Lipinski definition) is 1. The van der Waals surface area contributed by atoms with E-state index in [9.17, 15) is 13.2 Å². The van der Waals surface area contributed by atoms with Crippen LogP contribution in [0.1, 0.15) is 26.5 Å². The van der Waals surface area contributed by atoms with Crippen molar-refractivity contribution in [1.82, 2.24) is 14.7 Å². The van der Waals surface area contributed by atoms with Crippen LogP contribution in [-0.2, 0) is 27.8 Å². The molecule has 2 rings (SSSR count). The highest BCUT2D eigenvalue weighted by Gasteiger charge is 2.27. The van der Waals surface area contributed by atoms with Crippen LogP contribution in [0.5, 0.6) is 0 Å². The predicted molar refractivity (Wildman–Crippen MR) is 70.2 cm³/mol. The van der Waals surface area contributed by atoms with E-state index in [1.54, 1.807) is 25.5 Å². The van der Waals surface area contributed by atoms with E-state index in [1.165, 1.54) is 11.0 Å². The number of primary sulfonamides is 1. The van der Waals surface area contributed by atoms with Crippen molar-refractivity contribution >= 4 is 16.1 Å². The van der Waals surface area contributed by atoms with Gasteiger partial charge in [-0.1, -0.05) is 0 Å². The number of nitrogens with two attached hydrogens (primary N) is 1. The van der Waals surface area contributed by atoms with E-state index < -0.39 is 21.7 Å². The van der Waals surface area contributed by atoms with E-state index >= 15 is 0 Å². The van der Waals surface area contributed by atoms with Gasteiger partial charge in [-0.3, -0.25) is 4.68 Å². The molecule has 20 heavy (non-hydrogen) atoms. The molecule has 1 aromatic heterocycles. The lowest BCUT2D eigenvalue weighted by Crippen LogP contribution is -2.41. The lowest BCUT2D eigenvalue weighted by Gasteiger charge is -2.30. The molecule has 0 unspecified atom stereocenters. The number of ether oxygens (including phenoxy) is 1. The topological polar surface area (TPSA) is 108 Å². The number of rotatable bonds is 1. The molecule has 2 N–H and O–H groups in total. The Balaban J connectivity index is 2.15. The summed E-state index contributed by atoms with van der Waals surface area (Å²) in [4.78, 5) is 13.5. The van der Waals surface area contributed by atoms with Gasteiger partial charge in [-0.2, -0.15) is 5.10 Å². The van der Waals surface area contributed by atoms with Gasteiger partial charge in [-0.15, -0.1) is 0 Å². The Hall–Kier alpha value is -1.61. The normalized spacial score (nSPS) is 15.9. The number of nitrogens with zero attached hydrogens (tertiary/aromatic N) is 3. The number of carbonyl (C=O) groups is 1. The van der Waals surface area contributed by atoms with Gasteiger partial charge in [0.1, 0.15) is 5.60 Å². The number of aromatic nitrogens is 2. The zero-order chi connectivity index (χ0) is 15.1. The van der Waals surface area contributed by atoms with Crippen LogP contribution < -0.4 is 5.14 Å². The SMILES string of the molecule is CC(C)(C)OC(=O)N1CCn2nc(S(N)(=O)=O)cc2C1. The Labute approximate surface area is 117 Å². The second kappa shape index (κ2) is 4.74. The summed E-state index contributed by atoms with van der Waals surface area (Å²) in [5.41, 5.74) is 0.0479. The molecule has 0 saturated carbocycles. The van der Waals surface area contributed by atoms with Crippen LogP contribution in [0.15, 0.2) is 11.1 Å². The summed E-state index contributed by atoms with van der Waals surface area (Å²) in [5, 5.41) is 8.77. The zero-order valence-corrected chi connectivity index (χ0v) is 12.5. The molecular formula is C11H18N4O4S. The molecular weight excluding hydrogens is 284 g/mol. The third-order valence-corrected chi connectivity index (χ3v) is 3.50. The molecule has 0 aromatic carbocycles. The standard InChI is InChI=1S/C11H18N4O4S/c1-11(2,3)19-10(16)14-4-5-15-8(7-14)6-9(13-15)20(12,17)18/h6H,4-5,7H2,1-3H3,(H2,12,17,18). The Bertz CT molecular complexity index is 629. The van der Waals surface area contributed by atoms with E-state index in [0.717, 1.165) is 0 Å². The number of amides is 1. The quantitative estimate of drug-likeness (QED) is 0.801. The molecule has 8 nitrogen and oxygen atoms in total. The summed E-state index contributed by atoms with van der Waals surface area (Å²) in [6.45, 7) is 6.43. The van der Waals surface area contributed by atoms with E-state index in [2.05, 4.69) is 5.10 Å². The van der Waals surface area contributed by atoms with Gasteiger partial charge in [0.25, 0.3) is 10.0 Å². The predicted octanol–water partition coefficient (Wildman–Crippen LogP) is 0.281.